The Morgan fingerprint density at radius 2 is 1.00 bits per heavy atom. The molecule has 0 saturated carbocycles. The average Bonchev–Trinajstić information content (AvgIpc) is 2.50. The normalized spacial score (nSPS) is 22.4. The number of carbonyl (C=O) groups is 2. The van der Waals surface area contributed by atoms with Gasteiger partial charge < -0.3 is 20.1 Å². The number of carbonyl (C=O) groups excluding carboxylic acids is 2. The van der Waals surface area contributed by atoms with Gasteiger partial charge in [0.05, 0.1) is 26.4 Å². The zero-order valence-electron chi connectivity index (χ0n) is 13.5. The molecule has 0 aromatic rings. The molecule has 6 nitrogen and oxygen atoms in total. The number of rotatable bonds is 0. The Kier molecular flexibility index (Phi) is 11.6. The summed E-state index contributed by atoms with van der Waals surface area (Å²) >= 11 is 0. The van der Waals surface area contributed by atoms with Crippen molar-refractivity contribution in [2.24, 2.45) is 0 Å². The minimum atomic E-state index is 0.103. The van der Waals surface area contributed by atoms with Crippen molar-refractivity contribution in [3.8, 4) is 0 Å². The van der Waals surface area contributed by atoms with Crippen LogP contribution in [0.1, 0.15) is 51.4 Å². The Labute approximate surface area is 133 Å². The SMILES string of the molecule is O=C1CCCCCCCCC(=O)NCCOCCOCCN1. The molecule has 0 radical (unpaired) electrons. The van der Waals surface area contributed by atoms with Gasteiger partial charge in [-0.25, -0.2) is 0 Å². The van der Waals surface area contributed by atoms with Gasteiger partial charge in [0, 0.05) is 25.9 Å². The lowest BCUT2D eigenvalue weighted by atomic mass is 10.1. The molecule has 0 aromatic heterocycles. The largest absolute Gasteiger partial charge is 0.377 e. The van der Waals surface area contributed by atoms with Gasteiger partial charge in [0.1, 0.15) is 0 Å². The Hall–Kier alpha value is -1.14. The van der Waals surface area contributed by atoms with Crippen LogP contribution in [-0.4, -0.2) is 51.3 Å². The second-order valence-electron chi connectivity index (χ2n) is 5.55. The van der Waals surface area contributed by atoms with Crippen LogP contribution in [0.3, 0.4) is 0 Å². The molecule has 6 heteroatoms. The van der Waals surface area contributed by atoms with E-state index in [2.05, 4.69) is 10.6 Å². The van der Waals surface area contributed by atoms with E-state index in [0.29, 0.717) is 52.4 Å². The molecule has 1 aliphatic heterocycles. The summed E-state index contributed by atoms with van der Waals surface area (Å²) in [7, 11) is 0. The van der Waals surface area contributed by atoms with Crippen LogP contribution in [0, 0.1) is 0 Å². The van der Waals surface area contributed by atoms with Gasteiger partial charge in [0.15, 0.2) is 0 Å². The second-order valence-corrected chi connectivity index (χ2v) is 5.55. The molecule has 0 spiro atoms. The first-order valence-corrected chi connectivity index (χ1v) is 8.48. The number of amides is 2. The van der Waals surface area contributed by atoms with Crippen molar-refractivity contribution in [3.05, 3.63) is 0 Å². The highest BCUT2D eigenvalue weighted by atomic mass is 16.5. The summed E-state index contributed by atoms with van der Waals surface area (Å²) in [5.41, 5.74) is 0. The molecular formula is C16H30N2O4. The van der Waals surface area contributed by atoms with Gasteiger partial charge >= 0.3 is 0 Å². The monoisotopic (exact) mass is 314 g/mol. The van der Waals surface area contributed by atoms with Crippen LogP contribution in [0.4, 0.5) is 0 Å². The van der Waals surface area contributed by atoms with Crippen LogP contribution >= 0.6 is 0 Å². The third-order valence-corrected chi connectivity index (χ3v) is 3.57. The Morgan fingerprint density at radius 3 is 1.45 bits per heavy atom. The molecule has 0 atom stereocenters. The Bertz CT molecular complexity index is 281. The number of hydrogen-bond acceptors (Lipinski definition) is 4. The fourth-order valence-corrected chi connectivity index (χ4v) is 2.30. The van der Waals surface area contributed by atoms with Gasteiger partial charge in [-0.3, -0.25) is 9.59 Å². The standard InChI is InChI=1S/C16H30N2O4/c19-15-7-5-3-1-2-4-6-8-16(20)18-10-12-22-14-13-21-11-9-17-15/h1-14H2,(H,17,19)(H,18,20). The highest BCUT2D eigenvalue weighted by Crippen LogP contribution is 2.08. The first-order chi connectivity index (χ1) is 10.8. The molecule has 0 aliphatic carbocycles. The quantitative estimate of drug-likeness (QED) is 0.708. The molecule has 0 unspecified atom stereocenters. The van der Waals surface area contributed by atoms with Crippen molar-refractivity contribution < 1.29 is 19.1 Å². The summed E-state index contributed by atoms with van der Waals surface area (Å²) < 4.78 is 10.7. The molecule has 1 aliphatic rings. The van der Waals surface area contributed by atoms with Gasteiger partial charge in [-0.05, 0) is 12.8 Å². The Balaban J connectivity index is 2.17. The van der Waals surface area contributed by atoms with Crippen LogP contribution in [0.5, 0.6) is 0 Å². The molecule has 0 aromatic carbocycles. The van der Waals surface area contributed by atoms with Gasteiger partial charge in [0.2, 0.25) is 11.8 Å². The highest BCUT2D eigenvalue weighted by molar-refractivity contribution is 5.76. The number of ether oxygens (including phenoxy) is 2. The maximum Gasteiger partial charge on any atom is 0.220 e. The lowest BCUT2D eigenvalue weighted by Gasteiger charge is -2.09. The van der Waals surface area contributed by atoms with Crippen LogP contribution in [0.25, 0.3) is 0 Å². The molecular weight excluding hydrogens is 284 g/mol. The maximum absolute atomic E-state index is 11.6. The lowest BCUT2D eigenvalue weighted by molar-refractivity contribution is -0.122. The molecule has 22 heavy (non-hydrogen) atoms. The third kappa shape index (κ3) is 11.5. The van der Waals surface area contributed by atoms with Gasteiger partial charge in [0.25, 0.3) is 0 Å². The van der Waals surface area contributed by atoms with Crippen molar-refractivity contribution in [3.63, 3.8) is 0 Å². The van der Waals surface area contributed by atoms with E-state index in [1.165, 1.54) is 0 Å². The smallest absolute Gasteiger partial charge is 0.220 e. The van der Waals surface area contributed by atoms with Crippen molar-refractivity contribution in [2.45, 2.75) is 51.4 Å². The van der Waals surface area contributed by atoms with E-state index >= 15 is 0 Å². The molecule has 1 heterocycles. The van der Waals surface area contributed by atoms with E-state index in [0.717, 1.165) is 38.5 Å². The third-order valence-electron chi connectivity index (χ3n) is 3.57. The fraction of sp³-hybridized carbons (Fsp3) is 0.875. The van der Waals surface area contributed by atoms with Gasteiger partial charge in [-0.2, -0.15) is 0 Å². The van der Waals surface area contributed by atoms with Crippen molar-refractivity contribution in [2.75, 3.05) is 39.5 Å². The van der Waals surface area contributed by atoms with Crippen molar-refractivity contribution in [1.29, 1.82) is 0 Å². The summed E-state index contributed by atoms with van der Waals surface area (Å²) in [6, 6.07) is 0. The van der Waals surface area contributed by atoms with E-state index in [4.69, 9.17) is 9.47 Å². The summed E-state index contributed by atoms with van der Waals surface area (Å²) in [4.78, 5) is 23.1. The summed E-state index contributed by atoms with van der Waals surface area (Å²) in [6.45, 7) is 3.12. The van der Waals surface area contributed by atoms with E-state index in [9.17, 15) is 9.59 Å². The second kappa shape index (κ2) is 13.5. The summed E-state index contributed by atoms with van der Waals surface area (Å²) in [6.07, 6.45) is 7.46. The van der Waals surface area contributed by atoms with Crippen LogP contribution < -0.4 is 10.6 Å². The van der Waals surface area contributed by atoms with Crippen LogP contribution in [0.2, 0.25) is 0 Å². The predicted molar refractivity (Wildman–Crippen MR) is 84.6 cm³/mol. The average molecular weight is 314 g/mol. The zero-order valence-corrected chi connectivity index (χ0v) is 13.5. The van der Waals surface area contributed by atoms with Gasteiger partial charge in [-0.15, -0.1) is 0 Å². The maximum atomic E-state index is 11.6. The van der Waals surface area contributed by atoms with Crippen LogP contribution in [-0.2, 0) is 19.1 Å². The number of nitrogens with one attached hydrogen (secondary N) is 2. The number of hydrogen-bond donors (Lipinski definition) is 2. The van der Waals surface area contributed by atoms with Crippen LogP contribution in [0.15, 0.2) is 0 Å². The van der Waals surface area contributed by atoms with E-state index < -0.39 is 0 Å². The molecule has 0 bridgehead atoms. The Morgan fingerprint density at radius 1 is 0.591 bits per heavy atom. The molecule has 2 N–H and O–H groups in total. The summed E-state index contributed by atoms with van der Waals surface area (Å²) in [5, 5.41) is 5.72. The first kappa shape index (κ1) is 18.9. The molecule has 2 amide bonds. The lowest BCUT2D eigenvalue weighted by Crippen LogP contribution is -2.28. The zero-order chi connectivity index (χ0) is 15.9. The molecule has 1 fully saturated rings. The topological polar surface area (TPSA) is 76.7 Å². The molecule has 1 saturated heterocycles. The van der Waals surface area contributed by atoms with E-state index in [1.807, 2.05) is 0 Å². The van der Waals surface area contributed by atoms with Crippen molar-refractivity contribution >= 4 is 11.8 Å². The minimum absolute atomic E-state index is 0.103. The summed E-state index contributed by atoms with van der Waals surface area (Å²) in [5.74, 6) is 0.205. The fourth-order valence-electron chi connectivity index (χ4n) is 2.30. The minimum Gasteiger partial charge on any atom is -0.377 e. The first-order valence-electron chi connectivity index (χ1n) is 8.48. The highest BCUT2D eigenvalue weighted by Gasteiger charge is 2.03. The van der Waals surface area contributed by atoms with Crippen molar-refractivity contribution in [1.82, 2.24) is 10.6 Å². The van der Waals surface area contributed by atoms with E-state index in [1.54, 1.807) is 0 Å². The van der Waals surface area contributed by atoms with Gasteiger partial charge in [-0.1, -0.05) is 25.7 Å². The molecule has 128 valence electrons. The predicted octanol–water partition coefficient (Wildman–Crippen LogP) is 1.39. The molecule has 1 rings (SSSR count). The van der Waals surface area contributed by atoms with E-state index in [-0.39, 0.29) is 11.8 Å².